The molecule has 0 heterocycles. The Kier molecular flexibility index (Phi) is 76.0. The first-order chi connectivity index (χ1) is 50.9. The molecule has 0 saturated heterocycles. The molecule has 0 fully saturated rings. The van der Waals surface area contributed by atoms with Gasteiger partial charge >= 0.3 is 39.5 Å². The van der Waals surface area contributed by atoms with Gasteiger partial charge in [0.2, 0.25) is 0 Å². The van der Waals surface area contributed by atoms with Gasteiger partial charge in [-0.25, -0.2) is 9.13 Å². The van der Waals surface area contributed by atoms with Crippen LogP contribution >= 0.6 is 15.6 Å². The van der Waals surface area contributed by atoms with Crippen LogP contribution in [0.4, 0.5) is 0 Å². The predicted octanol–water partition coefficient (Wildman–Crippen LogP) is 26.2. The van der Waals surface area contributed by atoms with Gasteiger partial charge < -0.3 is 33.8 Å². The van der Waals surface area contributed by atoms with Gasteiger partial charge in [-0.05, 0) is 37.5 Å². The molecule has 0 aromatic carbocycles. The number of hydrogen-bond donors (Lipinski definition) is 3. The molecule has 0 aromatic rings. The molecular formula is C86H168O17P2. The molecule has 0 saturated carbocycles. The summed E-state index contributed by atoms with van der Waals surface area (Å²) in [6.07, 6.45) is 69.4. The summed E-state index contributed by atoms with van der Waals surface area (Å²) in [6, 6.07) is 0. The van der Waals surface area contributed by atoms with Crippen molar-refractivity contribution in [3.8, 4) is 0 Å². The van der Waals surface area contributed by atoms with E-state index in [1.54, 1.807) is 0 Å². The van der Waals surface area contributed by atoms with Crippen LogP contribution in [0.3, 0.4) is 0 Å². The standard InChI is InChI=1S/C86H168O17P2/c1-7-9-11-13-15-17-19-21-23-25-26-27-29-31-35-39-45-52-58-64-70-85(90)102-81(74-96-83(88)68-62-56-50-44-38-34-30-28-24-22-20-18-16-14-12-10-8-2)76-100-104(92,93)98-72-80(87)73-99-105(94,95)101-77-82(75-97-84(89)69-63-57-51-47-41-43-49-55-61-67-79(5)6)103-86(91)71-65-59-53-46-40-36-32-33-37-42-48-54-60-66-78(3)4/h78-82,87H,7-77H2,1-6H3,(H,92,93)(H,94,95)/t80-,81-,82-/m1/s1. The van der Waals surface area contributed by atoms with Gasteiger partial charge in [0.15, 0.2) is 12.2 Å². The number of esters is 4. The van der Waals surface area contributed by atoms with Crippen molar-refractivity contribution in [3.63, 3.8) is 0 Å². The average molecular weight is 1540 g/mol. The van der Waals surface area contributed by atoms with Gasteiger partial charge in [-0.15, -0.1) is 0 Å². The summed E-state index contributed by atoms with van der Waals surface area (Å²) >= 11 is 0. The maximum Gasteiger partial charge on any atom is 0.472 e. The van der Waals surface area contributed by atoms with E-state index in [4.69, 9.17) is 37.0 Å². The van der Waals surface area contributed by atoms with Crippen LogP contribution in [0.1, 0.15) is 459 Å². The number of carbonyl (C=O) groups excluding carboxylic acids is 4. The first kappa shape index (κ1) is 103. The number of unbranched alkanes of at least 4 members (excludes halogenated alkanes) is 55. The van der Waals surface area contributed by atoms with E-state index in [0.29, 0.717) is 25.7 Å². The molecule has 624 valence electrons. The molecule has 5 atom stereocenters. The van der Waals surface area contributed by atoms with Crippen molar-refractivity contribution in [2.45, 2.75) is 477 Å². The van der Waals surface area contributed by atoms with Crippen LogP contribution in [0, 0.1) is 11.8 Å². The van der Waals surface area contributed by atoms with Crippen molar-refractivity contribution >= 4 is 39.5 Å². The first-order valence-electron chi connectivity index (χ1n) is 44.5. The van der Waals surface area contributed by atoms with Gasteiger partial charge in [0.1, 0.15) is 19.3 Å². The fourth-order valence-electron chi connectivity index (χ4n) is 13.4. The fourth-order valence-corrected chi connectivity index (χ4v) is 15.0. The van der Waals surface area contributed by atoms with Gasteiger partial charge in [0.05, 0.1) is 26.4 Å². The van der Waals surface area contributed by atoms with Crippen molar-refractivity contribution in [2.24, 2.45) is 11.8 Å². The maximum absolute atomic E-state index is 13.1. The summed E-state index contributed by atoms with van der Waals surface area (Å²) in [6.45, 7) is 9.67. The second-order valence-corrected chi connectivity index (χ2v) is 34.8. The Bertz CT molecular complexity index is 2010. The van der Waals surface area contributed by atoms with Crippen molar-refractivity contribution < 1.29 is 80.2 Å². The van der Waals surface area contributed by atoms with Crippen molar-refractivity contribution in [3.05, 3.63) is 0 Å². The lowest BCUT2D eigenvalue weighted by molar-refractivity contribution is -0.161. The molecular weight excluding hydrogens is 1370 g/mol. The predicted molar refractivity (Wildman–Crippen MR) is 432 cm³/mol. The first-order valence-corrected chi connectivity index (χ1v) is 47.5. The average Bonchev–Trinajstić information content (AvgIpc) is 0.905. The smallest absolute Gasteiger partial charge is 0.462 e. The van der Waals surface area contributed by atoms with Crippen LogP contribution in [0.15, 0.2) is 0 Å². The maximum atomic E-state index is 13.1. The van der Waals surface area contributed by atoms with Gasteiger partial charge in [0.25, 0.3) is 0 Å². The minimum atomic E-state index is -4.97. The fraction of sp³-hybridized carbons (Fsp3) is 0.953. The van der Waals surface area contributed by atoms with E-state index in [0.717, 1.165) is 102 Å². The Labute approximate surface area is 645 Å². The lowest BCUT2D eigenvalue weighted by Crippen LogP contribution is -2.30. The number of phosphoric acid groups is 2. The molecule has 3 N–H and O–H groups in total. The molecule has 0 rings (SSSR count). The van der Waals surface area contributed by atoms with Gasteiger partial charge in [0, 0.05) is 25.7 Å². The number of rotatable bonds is 85. The van der Waals surface area contributed by atoms with Gasteiger partial charge in [-0.1, -0.05) is 408 Å². The summed E-state index contributed by atoms with van der Waals surface area (Å²) in [7, 11) is -9.93. The molecule has 0 spiro atoms. The monoisotopic (exact) mass is 1540 g/mol. The summed E-state index contributed by atoms with van der Waals surface area (Å²) in [5.74, 6) is -0.571. The second kappa shape index (κ2) is 77.4. The second-order valence-electron chi connectivity index (χ2n) is 31.9. The molecule has 0 bridgehead atoms. The van der Waals surface area contributed by atoms with E-state index in [-0.39, 0.29) is 25.7 Å². The van der Waals surface area contributed by atoms with E-state index in [1.807, 2.05) is 0 Å². The molecule has 2 unspecified atom stereocenters. The highest BCUT2D eigenvalue weighted by atomic mass is 31.2. The van der Waals surface area contributed by atoms with Crippen LogP contribution in [0.25, 0.3) is 0 Å². The van der Waals surface area contributed by atoms with E-state index in [2.05, 4.69) is 41.5 Å². The van der Waals surface area contributed by atoms with Crippen LogP contribution in [0.2, 0.25) is 0 Å². The molecule has 0 radical (unpaired) electrons. The topological polar surface area (TPSA) is 237 Å². The number of carbonyl (C=O) groups is 4. The molecule has 17 nitrogen and oxygen atoms in total. The van der Waals surface area contributed by atoms with Gasteiger partial charge in [-0.3, -0.25) is 37.3 Å². The molecule has 0 amide bonds. The lowest BCUT2D eigenvalue weighted by Gasteiger charge is -2.21. The zero-order valence-corrected chi connectivity index (χ0v) is 70.8. The van der Waals surface area contributed by atoms with Crippen LogP contribution < -0.4 is 0 Å². The lowest BCUT2D eigenvalue weighted by atomic mass is 10.0. The highest BCUT2D eigenvalue weighted by Gasteiger charge is 2.30. The Morgan fingerprint density at radius 1 is 0.257 bits per heavy atom. The Morgan fingerprint density at radius 3 is 0.648 bits per heavy atom. The minimum Gasteiger partial charge on any atom is -0.462 e. The number of aliphatic hydroxyl groups is 1. The van der Waals surface area contributed by atoms with Crippen LogP contribution in [-0.4, -0.2) is 96.7 Å². The molecule has 0 aromatic heterocycles. The zero-order valence-electron chi connectivity index (χ0n) is 69.0. The SMILES string of the molecule is CCCCCCCCCCCCCCCCCCCCCCC(=O)O[C@H](COC(=O)CCCCCCCCCCCCCCCCCCC)COP(=O)(O)OC[C@@H](O)COP(=O)(O)OC[C@@H](COC(=O)CCCCCCCCCCCC(C)C)OC(=O)CCCCCCCCCCCCCCCC(C)C. The third-order valence-electron chi connectivity index (χ3n) is 20.2. The van der Waals surface area contributed by atoms with E-state index >= 15 is 0 Å². The van der Waals surface area contributed by atoms with Crippen LogP contribution in [-0.2, 0) is 65.4 Å². The number of phosphoric ester groups is 2. The molecule has 105 heavy (non-hydrogen) atoms. The molecule has 0 aliphatic heterocycles. The number of hydrogen-bond acceptors (Lipinski definition) is 15. The summed E-state index contributed by atoms with van der Waals surface area (Å²) < 4.78 is 68.9. The Morgan fingerprint density at radius 2 is 0.438 bits per heavy atom. The van der Waals surface area contributed by atoms with Crippen molar-refractivity contribution in [1.82, 2.24) is 0 Å². The third kappa shape index (κ3) is 79.9. The zero-order chi connectivity index (χ0) is 77.1. The molecule has 0 aliphatic rings. The Balaban J connectivity index is 5.25. The van der Waals surface area contributed by atoms with E-state index in [1.165, 1.54) is 276 Å². The summed E-state index contributed by atoms with van der Waals surface area (Å²) in [4.78, 5) is 73.3. The molecule has 0 aliphatic carbocycles. The van der Waals surface area contributed by atoms with Crippen molar-refractivity contribution in [1.29, 1.82) is 0 Å². The number of ether oxygens (including phenoxy) is 4. The van der Waals surface area contributed by atoms with Gasteiger partial charge in [-0.2, -0.15) is 0 Å². The summed E-state index contributed by atoms with van der Waals surface area (Å²) in [5, 5.41) is 10.7. The minimum absolute atomic E-state index is 0.107. The Hall–Kier alpha value is -1.94. The highest BCUT2D eigenvalue weighted by Crippen LogP contribution is 2.45. The largest absolute Gasteiger partial charge is 0.472 e. The van der Waals surface area contributed by atoms with E-state index < -0.39 is 97.5 Å². The van der Waals surface area contributed by atoms with Crippen LogP contribution in [0.5, 0.6) is 0 Å². The normalized spacial score (nSPS) is 13.8. The van der Waals surface area contributed by atoms with Crippen molar-refractivity contribution in [2.75, 3.05) is 39.6 Å². The summed E-state index contributed by atoms with van der Waals surface area (Å²) in [5.41, 5.74) is 0. The highest BCUT2D eigenvalue weighted by molar-refractivity contribution is 7.47. The quantitative estimate of drug-likeness (QED) is 0.0222. The van der Waals surface area contributed by atoms with E-state index in [9.17, 15) is 43.2 Å². The third-order valence-corrected chi connectivity index (χ3v) is 22.1. The molecule has 19 heteroatoms. The number of aliphatic hydroxyl groups excluding tert-OH is 1.